The van der Waals surface area contributed by atoms with Crippen molar-refractivity contribution in [1.82, 2.24) is 0 Å². The second-order valence-corrected chi connectivity index (χ2v) is 8.25. The van der Waals surface area contributed by atoms with Gasteiger partial charge in [0.25, 0.3) is 0 Å². The molecule has 2 heteroatoms. The summed E-state index contributed by atoms with van der Waals surface area (Å²) in [5.41, 5.74) is 2.38. The third-order valence-electron chi connectivity index (χ3n) is 8.40. The van der Waals surface area contributed by atoms with Gasteiger partial charge in [0.2, 0.25) is 0 Å². The molecule has 6 rings (SSSR count). The van der Waals surface area contributed by atoms with E-state index < -0.39 is 0 Å². The molecule has 2 spiro atoms. The lowest BCUT2D eigenvalue weighted by molar-refractivity contribution is -0.193. The van der Waals surface area contributed by atoms with Crippen LogP contribution < -0.4 is 0 Å². The smallest absolute Gasteiger partial charge is 0.144 e. The molecule has 0 aromatic heterocycles. The van der Waals surface area contributed by atoms with Crippen LogP contribution in [0.15, 0.2) is 11.1 Å². The summed E-state index contributed by atoms with van der Waals surface area (Å²) in [6.07, 6.45) is 3.03. The first-order valence-electron chi connectivity index (χ1n) is 7.79. The van der Waals surface area contributed by atoms with Gasteiger partial charge in [-0.05, 0) is 56.8 Å². The van der Waals surface area contributed by atoms with Crippen molar-refractivity contribution in [2.24, 2.45) is 46.3 Å². The molecule has 0 aromatic rings. The van der Waals surface area contributed by atoms with E-state index in [2.05, 4.69) is 13.8 Å². The highest BCUT2D eigenvalue weighted by molar-refractivity contribution is 6.12. The van der Waals surface area contributed by atoms with E-state index in [1.807, 2.05) is 0 Å². The molecule has 0 heterocycles. The Morgan fingerprint density at radius 3 is 1.68 bits per heavy atom. The molecule has 98 valence electrons. The van der Waals surface area contributed by atoms with E-state index in [1.54, 1.807) is 0 Å². The maximum atomic E-state index is 13.1. The van der Waals surface area contributed by atoms with Gasteiger partial charge in [0.05, 0.1) is 0 Å². The number of rotatable bonds is 0. The molecule has 2 bridgehead atoms. The Labute approximate surface area is 112 Å². The third-order valence-corrected chi connectivity index (χ3v) is 8.40. The van der Waals surface area contributed by atoms with E-state index >= 15 is 0 Å². The Kier molecular flexibility index (Phi) is 1.18. The summed E-state index contributed by atoms with van der Waals surface area (Å²) in [5, 5.41) is 0. The van der Waals surface area contributed by atoms with E-state index in [0.717, 1.165) is 12.8 Å². The maximum absolute atomic E-state index is 13.1. The number of fused-ring (bicyclic) bond motifs is 1. The van der Waals surface area contributed by atoms with Crippen molar-refractivity contribution in [3.63, 3.8) is 0 Å². The summed E-state index contributed by atoms with van der Waals surface area (Å²) >= 11 is 0. The fourth-order valence-corrected chi connectivity index (χ4v) is 8.20. The Hall–Kier alpha value is -0.920. The maximum Gasteiger partial charge on any atom is 0.144 e. The van der Waals surface area contributed by atoms with Gasteiger partial charge in [0.1, 0.15) is 11.6 Å². The molecule has 5 saturated carbocycles. The van der Waals surface area contributed by atoms with Gasteiger partial charge in [-0.1, -0.05) is 11.1 Å². The fraction of sp³-hybridized carbons (Fsp3) is 0.765. The monoisotopic (exact) mass is 254 g/mol. The molecule has 0 N–H and O–H groups in total. The Bertz CT molecular complexity index is 590. The average molecular weight is 254 g/mol. The van der Waals surface area contributed by atoms with Crippen LogP contribution in [0.5, 0.6) is 0 Å². The zero-order chi connectivity index (χ0) is 12.9. The van der Waals surface area contributed by atoms with E-state index in [4.69, 9.17) is 0 Å². The van der Waals surface area contributed by atoms with Gasteiger partial charge >= 0.3 is 0 Å². The molecule has 0 aliphatic heterocycles. The topological polar surface area (TPSA) is 34.1 Å². The number of carbonyl (C=O) groups excluding carboxylic acids is 2. The van der Waals surface area contributed by atoms with Gasteiger partial charge in [0, 0.05) is 22.7 Å². The van der Waals surface area contributed by atoms with Crippen LogP contribution in [0.2, 0.25) is 0 Å². The van der Waals surface area contributed by atoms with Gasteiger partial charge in [-0.25, -0.2) is 0 Å². The van der Waals surface area contributed by atoms with Gasteiger partial charge in [-0.3, -0.25) is 9.59 Å². The third kappa shape index (κ3) is 0.577. The first-order chi connectivity index (χ1) is 9.05. The summed E-state index contributed by atoms with van der Waals surface area (Å²) in [5.74, 6) is 3.74. The van der Waals surface area contributed by atoms with Crippen molar-refractivity contribution < 1.29 is 9.59 Å². The van der Waals surface area contributed by atoms with Gasteiger partial charge in [-0.2, -0.15) is 0 Å². The molecule has 8 atom stereocenters. The molecule has 0 amide bonds. The van der Waals surface area contributed by atoms with Crippen molar-refractivity contribution in [1.29, 1.82) is 0 Å². The summed E-state index contributed by atoms with van der Waals surface area (Å²) < 4.78 is 0. The molecule has 2 nitrogen and oxygen atoms in total. The van der Waals surface area contributed by atoms with E-state index in [9.17, 15) is 9.59 Å². The minimum atomic E-state index is -0.213. The lowest BCUT2D eigenvalue weighted by atomic mass is 9.35. The lowest BCUT2D eigenvalue weighted by Crippen LogP contribution is -2.69. The molecule has 19 heavy (non-hydrogen) atoms. The summed E-state index contributed by atoms with van der Waals surface area (Å²) in [7, 11) is 0. The number of allylic oxidation sites excluding steroid dienone is 2. The first kappa shape index (κ1) is 9.90. The van der Waals surface area contributed by atoms with Crippen molar-refractivity contribution in [2.45, 2.75) is 33.1 Å². The molecule has 0 saturated heterocycles. The Morgan fingerprint density at radius 2 is 1.26 bits per heavy atom. The molecular formula is C17H18O2. The lowest BCUT2D eigenvalue weighted by Gasteiger charge is -2.65. The van der Waals surface area contributed by atoms with Crippen LogP contribution in [0.3, 0.4) is 0 Å². The van der Waals surface area contributed by atoms with Crippen LogP contribution in [0.25, 0.3) is 0 Å². The number of ketones is 2. The van der Waals surface area contributed by atoms with Gasteiger partial charge in [0.15, 0.2) is 0 Å². The minimum absolute atomic E-state index is 0.153. The zero-order valence-corrected chi connectivity index (χ0v) is 11.4. The van der Waals surface area contributed by atoms with Crippen LogP contribution in [0.4, 0.5) is 0 Å². The first-order valence-corrected chi connectivity index (χ1v) is 7.79. The van der Waals surface area contributed by atoms with Crippen LogP contribution in [-0.2, 0) is 9.59 Å². The number of Topliss-reactive ketones (excluding diaryl/α,β-unsaturated/α-hetero) is 2. The molecule has 0 radical (unpaired) electrons. The second-order valence-electron chi connectivity index (χ2n) is 8.25. The zero-order valence-electron chi connectivity index (χ0n) is 11.4. The van der Waals surface area contributed by atoms with Crippen molar-refractivity contribution in [2.75, 3.05) is 0 Å². The quantitative estimate of drug-likeness (QED) is 0.622. The Morgan fingerprint density at radius 1 is 0.842 bits per heavy atom. The fourth-order valence-electron chi connectivity index (χ4n) is 8.20. The van der Waals surface area contributed by atoms with Crippen LogP contribution in [0, 0.1) is 46.3 Å². The SMILES string of the molecule is CC1=C(C)C[C@]23C(=O)[C@@H]4[C@H]5C[C@H]6[C@@H]4C(=O)[C@]2(C1)[C@H]6[C@H]53. The highest BCUT2D eigenvalue weighted by Crippen LogP contribution is 2.92. The molecule has 5 fully saturated rings. The highest BCUT2D eigenvalue weighted by Gasteiger charge is 2.95. The summed E-state index contributed by atoms with van der Waals surface area (Å²) in [4.78, 5) is 26.2. The molecule has 0 unspecified atom stereocenters. The molecule has 6 aliphatic rings. The van der Waals surface area contributed by atoms with Crippen molar-refractivity contribution in [3.8, 4) is 0 Å². The summed E-state index contributed by atoms with van der Waals surface area (Å²) in [6.45, 7) is 4.37. The molecule has 6 aliphatic carbocycles. The predicted molar refractivity (Wildman–Crippen MR) is 68.0 cm³/mol. The normalized spacial score (nSPS) is 66.2. The number of hydrogen-bond donors (Lipinski definition) is 0. The standard InChI is InChI=1S/C17H18O2/c1-6-4-16-12-8-3-9-11(10(8)14(16)18)15(19)17(16,13(9)12)5-7(6)2/h8-13H,3-5H2,1-2H3/t8-,9+,10-,11+,12+,13-,16-,17-/m0/s1. The average Bonchev–Trinajstić information content (AvgIpc) is 2.93. The van der Waals surface area contributed by atoms with E-state index in [1.165, 1.54) is 17.6 Å². The molecule has 0 aromatic carbocycles. The largest absolute Gasteiger partial charge is 0.299 e. The van der Waals surface area contributed by atoms with E-state index in [-0.39, 0.29) is 22.7 Å². The van der Waals surface area contributed by atoms with Gasteiger partial charge < -0.3 is 0 Å². The number of hydrogen-bond acceptors (Lipinski definition) is 2. The van der Waals surface area contributed by atoms with Crippen molar-refractivity contribution >= 4 is 11.6 Å². The van der Waals surface area contributed by atoms with Crippen LogP contribution >= 0.6 is 0 Å². The minimum Gasteiger partial charge on any atom is -0.299 e. The summed E-state index contributed by atoms with van der Waals surface area (Å²) in [6, 6.07) is 0. The predicted octanol–water partition coefficient (Wildman–Crippen LogP) is 2.38. The number of carbonyl (C=O) groups is 2. The van der Waals surface area contributed by atoms with E-state index in [0.29, 0.717) is 35.2 Å². The van der Waals surface area contributed by atoms with Crippen LogP contribution in [0.1, 0.15) is 33.1 Å². The molecular weight excluding hydrogens is 236 g/mol. The Balaban J connectivity index is 1.73. The second kappa shape index (κ2) is 2.27. The van der Waals surface area contributed by atoms with Gasteiger partial charge in [-0.15, -0.1) is 0 Å². The van der Waals surface area contributed by atoms with Crippen LogP contribution in [-0.4, -0.2) is 11.6 Å². The van der Waals surface area contributed by atoms with Crippen molar-refractivity contribution in [3.05, 3.63) is 11.1 Å². The highest BCUT2D eigenvalue weighted by atomic mass is 16.2.